The summed E-state index contributed by atoms with van der Waals surface area (Å²) in [7, 11) is -3.84. The molecule has 2 rings (SSSR count). The molecular weight excluding hydrogens is 446 g/mol. The number of aromatic carboxylic acids is 1. The van der Waals surface area contributed by atoms with Gasteiger partial charge in [-0.25, -0.2) is 13.2 Å². The Morgan fingerprint density at radius 3 is 2.48 bits per heavy atom. The maximum atomic E-state index is 12.4. The van der Waals surface area contributed by atoms with Gasteiger partial charge in [0.15, 0.2) is 0 Å². The minimum absolute atomic E-state index is 0.0113. The van der Waals surface area contributed by atoms with Crippen LogP contribution in [0.1, 0.15) is 14.5 Å². The number of nitrogens with one attached hydrogen (secondary N) is 1. The molecule has 0 fully saturated rings. The largest absolute Gasteiger partial charge is 0.477 e. The van der Waals surface area contributed by atoms with Gasteiger partial charge in [-0.3, -0.25) is 4.72 Å². The third-order valence-corrected chi connectivity index (χ3v) is 6.36. The molecule has 5 nitrogen and oxygen atoms in total. The van der Waals surface area contributed by atoms with Crippen LogP contribution in [-0.4, -0.2) is 19.5 Å². The number of carboxylic acid groups (broad SMARTS) is 1. The molecule has 21 heavy (non-hydrogen) atoms. The van der Waals surface area contributed by atoms with Crippen molar-refractivity contribution < 1.29 is 18.3 Å². The number of anilines is 1. The summed E-state index contributed by atoms with van der Waals surface area (Å²) in [5, 5.41) is 8.94. The highest BCUT2D eigenvalue weighted by molar-refractivity contribution is 9.11. The van der Waals surface area contributed by atoms with E-state index in [1.54, 1.807) is 25.1 Å². The average molecular weight is 455 g/mol. The van der Waals surface area contributed by atoms with E-state index < -0.39 is 16.0 Å². The van der Waals surface area contributed by atoms with E-state index in [0.29, 0.717) is 15.0 Å². The lowest BCUT2D eigenvalue weighted by Crippen LogP contribution is -2.13. The first-order chi connectivity index (χ1) is 9.70. The van der Waals surface area contributed by atoms with Crippen molar-refractivity contribution in [2.24, 2.45) is 0 Å². The van der Waals surface area contributed by atoms with Crippen LogP contribution in [0.15, 0.2) is 38.1 Å². The number of benzene rings is 1. The number of rotatable bonds is 4. The molecule has 0 saturated carbocycles. The monoisotopic (exact) mass is 453 g/mol. The molecule has 1 aromatic heterocycles. The van der Waals surface area contributed by atoms with Crippen LogP contribution >= 0.6 is 43.2 Å². The molecule has 2 N–H and O–H groups in total. The zero-order valence-electron chi connectivity index (χ0n) is 10.6. The molecule has 0 spiro atoms. The number of thiophene rings is 1. The van der Waals surface area contributed by atoms with Crippen molar-refractivity contribution in [1.29, 1.82) is 0 Å². The predicted octanol–water partition coefficient (Wildman–Crippen LogP) is 4.08. The van der Waals surface area contributed by atoms with Gasteiger partial charge in [0.2, 0.25) is 0 Å². The molecule has 0 aliphatic rings. The summed E-state index contributed by atoms with van der Waals surface area (Å²) < 4.78 is 28.6. The zero-order valence-corrected chi connectivity index (χ0v) is 15.4. The Morgan fingerprint density at radius 1 is 1.29 bits per heavy atom. The predicted molar refractivity (Wildman–Crippen MR) is 88.7 cm³/mol. The lowest BCUT2D eigenvalue weighted by atomic mass is 10.3. The minimum Gasteiger partial charge on any atom is -0.477 e. The lowest BCUT2D eigenvalue weighted by molar-refractivity contribution is 0.0702. The van der Waals surface area contributed by atoms with Crippen LogP contribution in [0.5, 0.6) is 0 Å². The molecule has 1 heterocycles. The molecule has 0 radical (unpaired) electrons. The molecule has 0 saturated heterocycles. The molecule has 2 aromatic rings. The molecule has 112 valence electrons. The summed E-state index contributed by atoms with van der Waals surface area (Å²) in [6, 6.07) is 6.18. The maximum Gasteiger partial charge on any atom is 0.345 e. The van der Waals surface area contributed by atoms with E-state index >= 15 is 0 Å². The van der Waals surface area contributed by atoms with E-state index in [1.165, 1.54) is 0 Å². The minimum atomic E-state index is -3.84. The lowest BCUT2D eigenvalue weighted by Gasteiger charge is -2.09. The smallest absolute Gasteiger partial charge is 0.345 e. The Kier molecular flexibility index (Phi) is 4.76. The number of aryl methyl sites for hydroxylation is 1. The van der Waals surface area contributed by atoms with Gasteiger partial charge >= 0.3 is 5.97 Å². The Bertz CT molecular complexity index is 815. The van der Waals surface area contributed by atoms with Crippen LogP contribution in [0.2, 0.25) is 0 Å². The summed E-state index contributed by atoms with van der Waals surface area (Å²) in [5.41, 5.74) is 0.376. The summed E-state index contributed by atoms with van der Waals surface area (Å²) in [4.78, 5) is 11.3. The SMILES string of the molecule is Cc1sc(C(=O)O)cc1S(=O)(=O)Nc1ccc(Br)cc1Br. The van der Waals surface area contributed by atoms with Gasteiger partial charge in [-0.2, -0.15) is 0 Å². The molecule has 0 aliphatic heterocycles. The maximum absolute atomic E-state index is 12.4. The summed E-state index contributed by atoms with van der Waals surface area (Å²) in [6.45, 7) is 1.57. The van der Waals surface area contributed by atoms with Gasteiger partial charge in [0, 0.05) is 13.8 Å². The van der Waals surface area contributed by atoms with E-state index in [1.807, 2.05) is 0 Å². The summed E-state index contributed by atoms with van der Waals surface area (Å²) >= 11 is 7.48. The highest BCUT2D eigenvalue weighted by Crippen LogP contribution is 2.31. The second kappa shape index (κ2) is 6.07. The van der Waals surface area contributed by atoms with Crippen LogP contribution in [0, 0.1) is 6.92 Å². The number of hydrogen-bond acceptors (Lipinski definition) is 4. The quantitative estimate of drug-likeness (QED) is 0.728. The Balaban J connectivity index is 2.41. The third kappa shape index (κ3) is 3.65. The van der Waals surface area contributed by atoms with Crippen molar-refractivity contribution >= 4 is 64.9 Å². The topological polar surface area (TPSA) is 83.5 Å². The van der Waals surface area contributed by atoms with E-state index in [0.717, 1.165) is 21.9 Å². The number of carboxylic acids is 1. The second-order valence-corrected chi connectivity index (χ2v) is 8.74. The first kappa shape index (κ1) is 16.5. The highest BCUT2D eigenvalue weighted by Gasteiger charge is 2.23. The number of sulfonamides is 1. The fourth-order valence-corrected chi connectivity index (χ4v) is 5.40. The average Bonchev–Trinajstić information content (AvgIpc) is 2.76. The molecule has 1 aromatic carbocycles. The van der Waals surface area contributed by atoms with E-state index in [9.17, 15) is 13.2 Å². The molecule has 9 heteroatoms. The van der Waals surface area contributed by atoms with Gasteiger partial charge < -0.3 is 5.11 Å². The van der Waals surface area contributed by atoms with Crippen LogP contribution in [0.3, 0.4) is 0 Å². The first-order valence-electron chi connectivity index (χ1n) is 5.52. The molecule has 0 aliphatic carbocycles. The Morgan fingerprint density at radius 2 is 1.95 bits per heavy atom. The standard InChI is InChI=1S/C12H9Br2NO4S2/c1-6-11(5-10(20-6)12(16)17)21(18,19)15-9-3-2-7(13)4-8(9)14/h2-5,15H,1H3,(H,16,17). The van der Waals surface area contributed by atoms with Crippen molar-refractivity contribution in [3.8, 4) is 0 Å². The van der Waals surface area contributed by atoms with E-state index in [-0.39, 0.29) is 9.77 Å². The third-order valence-electron chi connectivity index (χ3n) is 2.55. The van der Waals surface area contributed by atoms with Gasteiger partial charge in [-0.1, -0.05) is 15.9 Å². The van der Waals surface area contributed by atoms with Gasteiger partial charge in [0.1, 0.15) is 9.77 Å². The molecule has 0 bridgehead atoms. The molecule has 0 unspecified atom stereocenters. The number of carbonyl (C=O) groups is 1. The Labute approximate surface area is 142 Å². The van der Waals surface area contributed by atoms with Crippen molar-refractivity contribution in [2.45, 2.75) is 11.8 Å². The normalized spacial score (nSPS) is 11.4. The van der Waals surface area contributed by atoms with Crippen molar-refractivity contribution in [3.63, 3.8) is 0 Å². The van der Waals surface area contributed by atoms with Crippen molar-refractivity contribution in [1.82, 2.24) is 0 Å². The van der Waals surface area contributed by atoms with E-state index in [4.69, 9.17) is 5.11 Å². The summed E-state index contributed by atoms with van der Waals surface area (Å²) in [6.07, 6.45) is 0. The van der Waals surface area contributed by atoms with Crippen LogP contribution in [-0.2, 0) is 10.0 Å². The fourth-order valence-electron chi connectivity index (χ4n) is 1.61. The van der Waals surface area contributed by atoms with Gasteiger partial charge in [0.25, 0.3) is 10.0 Å². The van der Waals surface area contributed by atoms with Gasteiger partial charge in [-0.05, 0) is 47.1 Å². The molecular formula is C12H9Br2NO4S2. The fraction of sp³-hybridized carbons (Fsp3) is 0.0833. The van der Waals surface area contributed by atoms with Crippen molar-refractivity contribution in [3.05, 3.63) is 43.0 Å². The van der Waals surface area contributed by atoms with Crippen molar-refractivity contribution in [2.75, 3.05) is 4.72 Å². The second-order valence-electron chi connectivity index (χ2n) is 4.07. The number of hydrogen-bond donors (Lipinski definition) is 2. The molecule has 0 atom stereocenters. The summed E-state index contributed by atoms with van der Waals surface area (Å²) in [5.74, 6) is -1.14. The van der Waals surface area contributed by atoms with E-state index in [2.05, 4.69) is 36.6 Å². The van der Waals surface area contributed by atoms with Gasteiger partial charge in [0.05, 0.1) is 5.69 Å². The van der Waals surface area contributed by atoms with Crippen LogP contribution < -0.4 is 4.72 Å². The van der Waals surface area contributed by atoms with Gasteiger partial charge in [-0.15, -0.1) is 11.3 Å². The molecule has 0 amide bonds. The Hall–Kier alpha value is -0.900. The van der Waals surface area contributed by atoms with Crippen LogP contribution in [0.25, 0.3) is 0 Å². The number of halogens is 2. The van der Waals surface area contributed by atoms with Crippen LogP contribution in [0.4, 0.5) is 5.69 Å². The first-order valence-corrected chi connectivity index (χ1v) is 9.41. The highest BCUT2D eigenvalue weighted by atomic mass is 79.9. The zero-order chi connectivity index (χ0) is 15.8.